The van der Waals surface area contributed by atoms with Crippen molar-refractivity contribution in [3.63, 3.8) is 0 Å². The van der Waals surface area contributed by atoms with E-state index in [0.29, 0.717) is 28.1 Å². The van der Waals surface area contributed by atoms with Crippen molar-refractivity contribution in [2.75, 3.05) is 14.2 Å². The van der Waals surface area contributed by atoms with Crippen molar-refractivity contribution in [3.8, 4) is 11.5 Å². The molecule has 0 spiro atoms. The van der Waals surface area contributed by atoms with E-state index in [-0.39, 0.29) is 21.3 Å². The number of pyridine rings is 1. The van der Waals surface area contributed by atoms with E-state index in [4.69, 9.17) is 9.47 Å². The molecule has 7 nitrogen and oxygen atoms in total. The summed E-state index contributed by atoms with van der Waals surface area (Å²) in [5, 5.41) is 0.347. The Morgan fingerprint density at radius 3 is 2.23 bits per heavy atom. The highest BCUT2D eigenvalue weighted by atomic mass is 32.2. The van der Waals surface area contributed by atoms with Gasteiger partial charge in [-0.1, -0.05) is 18.2 Å². The van der Waals surface area contributed by atoms with E-state index < -0.39 is 9.84 Å². The first-order valence-electron chi connectivity index (χ1n) is 8.99. The molecule has 0 amide bonds. The van der Waals surface area contributed by atoms with Crippen LogP contribution in [0.15, 0.2) is 76.7 Å². The van der Waals surface area contributed by atoms with Crippen molar-refractivity contribution in [1.29, 1.82) is 0 Å². The third-order valence-corrected chi connectivity index (χ3v) is 6.52. The van der Waals surface area contributed by atoms with Gasteiger partial charge in [0.05, 0.1) is 29.7 Å². The highest BCUT2D eigenvalue weighted by Crippen LogP contribution is 2.29. The van der Waals surface area contributed by atoms with Gasteiger partial charge in [-0.25, -0.2) is 13.4 Å². The van der Waals surface area contributed by atoms with Crippen LogP contribution < -0.4 is 9.47 Å². The SMILES string of the molecule is COc1cc(OC)cc(C(=O)c2cc3c(S(=O)(=O)c4ccccc4)ccnc3[nH]2)c1. The maximum Gasteiger partial charge on any atom is 0.209 e. The van der Waals surface area contributed by atoms with Crippen LogP contribution in [0.4, 0.5) is 0 Å². The van der Waals surface area contributed by atoms with Gasteiger partial charge in [-0.15, -0.1) is 0 Å². The van der Waals surface area contributed by atoms with Crippen LogP contribution in [0.5, 0.6) is 11.5 Å². The molecule has 1 N–H and O–H groups in total. The summed E-state index contributed by atoms with van der Waals surface area (Å²) >= 11 is 0. The number of aromatic amines is 1. The van der Waals surface area contributed by atoms with Crippen LogP contribution in [0.2, 0.25) is 0 Å². The van der Waals surface area contributed by atoms with E-state index in [2.05, 4.69) is 9.97 Å². The Labute approximate surface area is 173 Å². The van der Waals surface area contributed by atoms with Crippen LogP contribution in [0, 0.1) is 0 Å². The standard InChI is InChI=1S/C22H18N2O5S/c1-28-15-10-14(11-16(12-15)29-2)21(25)19-13-18-20(8-9-23-22(18)24-19)30(26,27)17-6-4-3-5-7-17/h3-13H,1-2H3,(H,23,24). The summed E-state index contributed by atoms with van der Waals surface area (Å²) in [6.45, 7) is 0. The Hall–Kier alpha value is -3.65. The molecule has 0 unspecified atom stereocenters. The number of benzene rings is 2. The molecule has 0 aliphatic carbocycles. The number of hydrogen-bond acceptors (Lipinski definition) is 6. The summed E-state index contributed by atoms with van der Waals surface area (Å²) in [7, 11) is -0.782. The molecule has 0 aliphatic rings. The van der Waals surface area contributed by atoms with Crippen LogP contribution in [0.1, 0.15) is 16.1 Å². The number of methoxy groups -OCH3 is 2. The normalized spacial score (nSPS) is 11.4. The zero-order valence-electron chi connectivity index (χ0n) is 16.2. The molecule has 2 heterocycles. The van der Waals surface area contributed by atoms with Gasteiger partial charge in [0.25, 0.3) is 0 Å². The molecule has 0 atom stereocenters. The molecule has 30 heavy (non-hydrogen) atoms. The second-order valence-corrected chi connectivity index (χ2v) is 8.42. The molecule has 152 valence electrons. The van der Waals surface area contributed by atoms with Crippen molar-refractivity contribution >= 4 is 26.7 Å². The fraction of sp³-hybridized carbons (Fsp3) is 0.0909. The monoisotopic (exact) mass is 422 g/mol. The van der Waals surface area contributed by atoms with Gasteiger partial charge in [0.2, 0.25) is 15.6 Å². The number of aromatic nitrogens is 2. The predicted octanol–water partition coefficient (Wildman–Crippen LogP) is 3.64. The smallest absolute Gasteiger partial charge is 0.209 e. The number of hydrogen-bond donors (Lipinski definition) is 1. The lowest BCUT2D eigenvalue weighted by molar-refractivity contribution is 0.103. The average Bonchev–Trinajstić information content (AvgIpc) is 3.23. The van der Waals surface area contributed by atoms with Gasteiger partial charge in [-0.2, -0.15) is 0 Å². The summed E-state index contributed by atoms with van der Waals surface area (Å²) in [6, 6.07) is 15.9. The first-order chi connectivity index (χ1) is 14.4. The average molecular weight is 422 g/mol. The number of rotatable bonds is 6. The largest absolute Gasteiger partial charge is 0.497 e. The topological polar surface area (TPSA) is 98.3 Å². The summed E-state index contributed by atoms with van der Waals surface area (Å²) in [5.41, 5.74) is 0.860. The molecule has 0 bridgehead atoms. The second kappa shape index (κ2) is 7.64. The first kappa shape index (κ1) is 19.7. The van der Waals surface area contributed by atoms with Gasteiger partial charge < -0.3 is 14.5 Å². The number of carbonyl (C=O) groups is 1. The molecule has 4 aromatic rings. The fourth-order valence-corrected chi connectivity index (χ4v) is 4.63. The van der Waals surface area contributed by atoms with Crippen LogP contribution in [0.25, 0.3) is 11.0 Å². The minimum atomic E-state index is -3.78. The van der Waals surface area contributed by atoms with Crippen molar-refractivity contribution in [2.45, 2.75) is 9.79 Å². The number of sulfone groups is 1. The maximum absolute atomic E-state index is 13.1. The number of nitrogens with zero attached hydrogens (tertiary/aromatic N) is 1. The Morgan fingerprint density at radius 1 is 0.933 bits per heavy atom. The van der Waals surface area contributed by atoms with E-state index in [1.54, 1.807) is 36.4 Å². The van der Waals surface area contributed by atoms with E-state index in [0.717, 1.165) is 0 Å². The van der Waals surface area contributed by atoms with Gasteiger partial charge >= 0.3 is 0 Å². The molecular weight excluding hydrogens is 404 g/mol. The molecule has 2 aromatic carbocycles. The maximum atomic E-state index is 13.1. The van der Waals surface area contributed by atoms with E-state index in [9.17, 15) is 13.2 Å². The van der Waals surface area contributed by atoms with Gasteiger partial charge in [0.15, 0.2) is 0 Å². The summed E-state index contributed by atoms with van der Waals surface area (Å²) in [4.78, 5) is 20.4. The third kappa shape index (κ3) is 3.42. The van der Waals surface area contributed by atoms with E-state index >= 15 is 0 Å². The zero-order valence-corrected chi connectivity index (χ0v) is 17.1. The molecule has 0 saturated carbocycles. The predicted molar refractivity (Wildman–Crippen MR) is 111 cm³/mol. The molecule has 0 radical (unpaired) electrons. The number of carbonyl (C=O) groups excluding carboxylic acids is 1. The Bertz CT molecular complexity index is 1320. The number of ketones is 1. The van der Waals surface area contributed by atoms with E-state index in [1.807, 2.05) is 0 Å². The zero-order chi connectivity index (χ0) is 21.3. The lowest BCUT2D eigenvalue weighted by Crippen LogP contribution is -2.03. The minimum Gasteiger partial charge on any atom is -0.497 e. The Morgan fingerprint density at radius 2 is 1.60 bits per heavy atom. The molecule has 0 fully saturated rings. The summed E-state index contributed by atoms with van der Waals surface area (Å²) < 4.78 is 36.7. The highest BCUT2D eigenvalue weighted by molar-refractivity contribution is 7.91. The van der Waals surface area contributed by atoms with Gasteiger partial charge in [-0.05, 0) is 36.4 Å². The molecule has 0 aliphatic heterocycles. The van der Waals surface area contributed by atoms with Crippen LogP contribution in [-0.2, 0) is 9.84 Å². The summed E-state index contributed by atoms with van der Waals surface area (Å²) in [5.74, 6) is 0.604. The molecule has 2 aromatic heterocycles. The van der Waals surface area contributed by atoms with Crippen LogP contribution in [-0.4, -0.2) is 38.4 Å². The quantitative estimate of drug-likeness (QED) is 0.476. The minimum absolute atomic E-state index is 0.0808. The summed E-state index contributed by atoms with van der Waals surface area (Å²) in [6.07, 6.45) is 1.40. The highest BCUT2D eigenvalue weighted by Gasteiger charge is 2.23. The number of ether oxygens (including phenoxy) is 2. The van der Waals surface area contributed by atoms with E-state index in [1.165, 1.54) is 44.7 Å². The number of fused-ring (bicyclic) bond motifs is 1. The van der Waals surface area contributed by atoms with Crippen molar-refractivity contribution in [1.82, 2.24) is 9.97 Å². The Kier molecular flexibility index (Phi) is 5.01. The molecular formula is C22H18N2O5S. The lowest BCUT2D eigenvalue weighted by Gasteiger charge is -2.07. The van der Waals surface area contributed by atoms with Crippen molar-refractivity contribution in [2.24, 2.45) is 0 Å². The van der Waals surface area contributed by atoms with Crippen molar-refractivity contribution in [3.05, 3.63) is 78.1 Å². The van der Waals surface area contributed by atoms with Gasteiger partial charge in [-0.3, -0.25) is 4.79 Å². The second-order valence-electron chi connectivity index (χ2n) is 6.50. The van der Waals surface area contributed by atoms with Crippen molar-refractivity contribution < 1.29 is 22.7 Å². The lowest BCUT2D eigenvalue weighted by atomic mass is 10.1. The number of H-pyrrole nitrogens is 1. The van der Waals surface area contributed by atoms with Gasteiger partial charge in [0.1, 0.15) is 17.1 Å². The first-order valence-corrected chi connectivity index (χ1v) is 10.5. The van der Waals surface area contributed by atoms with Crippen LogP contribution >= 0.6 is 0 Å². The molecule has 4 rings (SSSR count). The molecule has 8 heteroatoms. The molecule has 0 saturated heterocycles. The Balaban J connectivity index is 1.82. The fourth-order valence-electron chi connectivity index (χ4n) is 3.18. The van der Waals surface area contributed by atoms with Gasteiger partial charge in [0, 0.05) is 23.2 Å². The third-order valence-electron chi connectivity index (χ3n) is 4.69. The number of nitrogens with one attached hydrogen (secondary N) is 1. The van der Waals surface area contributed by atoms with Crippen LogP contribution in [0.3, 0.4) is 0 Å².